The van der Waals surface area contributed by atoms with Crippen molar-refractivity contribution < 1.29 is 18.3 Å². The molecule has 0 unspecified atom stereocenters. The van der Waals surface area contributed by atoms with Crippen LogP contribution in [0.3, 0.4) is 0 Å². The third kappa shape index (κ3) is 5.25. The number of aromatic nitrogens is 2. The first-order valence-corrected chi connectivity index (χ1v) is 12.5. The molecular weight excluding hydrogens is 472 g/mol. The molecule has 0 saturated heterocycles. The number of aryl methyl sites for hydroxylation is 2. The first kappa shape index (κ1) is 24.1. The van der Waals surface area contributed by atoms with Gasteiger partial charge in [0.2, 0.25) is 0 Å². The Bertz CT molecular complexity index is 1250. The molecule has 0 spiro atoms. The summed E-state index contributed by atoms with van der Waals surface area (Å²) in [5.41, 5.74) is 4.04. The minimum atomic E-state index is -3.85. The largest absolute Gasteiger partial charge is 0.478 e. The number of aromatic carboxylic acids is 1. The lowest BCUT2D eigenvalue weighted by Crippen LogP contribution is -2.22. The molecule has 0 aliphatic carbocycles. The van der Waals surface area contributed by atoms with Gasteiger partial charge in [-0.05, 0) is 62.6 Å². The van der Waals surface area contributed by atoms with Gasteiger partial charge in [-0.15, -0.1) is 11.3 Å². The van der Waals surface area contributed by atoms with Gasteiger partial charge in [0.15, 0.2) is 0 Å². The Hall–Kier alpha value is -2.56. The number of benzene rings is 1. The maximum Gasteiger partial charge on any atom is 0.337 e. The fraction of sp³-hybridized carbons (Fsp3) is 0.333. The summed E-state index contributed by atoms with van der Waals surface area (Å²) in [7, 11) is -0.111. The highest BCUT2D eigenvalue weighted by atomic mass is 35.5. The second-order valence-electron chi connectivity index (χ2n) is 7.50. The Kier molecular flexibility index (Phi) is 7.16. The lowest BCUT2D eigenvalue weighted by Gasteiger charge is -2.22. The van der Waals surface area contributed by atoms with E-state index in [1.54, 1.807) is 12.1 Å². The Morgan fingerprint density at radius 2 is 2.00 bits per heavy atom. The second kappa shape index (κ2) is 9.51. The van der Waals surface area contributed by atoms with Gasteiger partial charge in [0, 0.05) is 32.0 Å². The molecule has 2 heterocycles. The molecule has 0 amide bonds. The number of thiophene rings is 1. The van der Waals surface area contributed by atoms with E-state index in [1.165, 1.54) is 23.8 Å². The van der Waals surface area contributed by atoms with E-state index in [1.807, 2.05) is 37.5 Å². The minimum Gasteiger partial charge on any atom is -0.478 e. The molecular formula is C21H25ClN4O4S2. The van der Waals surface area contributed by atoms with Crippen LogP contribution in [0.25, 0.3) is 0 Å². The summed E-state index contributed by atoms with van der Waals surface area (Å²) < 4.78 is 29.7. The molecule has 172 valence electrons. The molecule has 11 heteroatoms. The summed E-state index contributed by atoms with van der Waals surface area (Å²) >= 11 is 6.76. The molecule has 0 saturated carbocycles. The standard InChI is InChI=1S/C21H25ClN4O4S2/c1-13-16(14(2)26(4)23-13)6-5-11-25(3)18-8-7-15(12-17(18)21(27)28)24-32(29,30)20-10-9-19(22)31-20/h7-10,12,24H,5-6,11H2,1-4H3,(H,27,28). The zero-order chi connectivity index (χ0) is 23.6. The van der Waals surface area contributed by atoms with Crippen LogP contribution < -0.4 is 9.62 Å². The summed E-state index contributed by atoms with van der Waals surface area (Å²) in [6.07, 6.45) is 1.65. The van der Waals surface area contributed by atoms with E-state index in [2.05, 4.69) is 9.82 Å². The molecule has 32 heavy (non-hydrogen) atoms. The highest BCUT2D eigenvalue weighted by Gasteiger charge is 2.20. The van der Waals surface area contributed by atoms with Gasteiger partial charge in [-0.25, -0.2) is 13.2 Å². The predicted molar refractivity (Wildman–Crippen MR) is 128 cm³/mol. The quantitative estimate of drug-likeness (QED) is 0.457. The van der Waals surface area contributed by atoms with Gasteiger partial charge in [0.1, 0.15) is 4.21 Å². The van der Waals surface area contributed by atoms with E-state index in [0.29, 0.717) is 16.6 Å². The summed E-state index contributed by atoms with van der Waals surface area (Å²) in [4.78, 5) is 13.7. The number of carboxylic acid groups (broad SMARTS) is 1. The molecule has 1 aromatic carbocycles. The van der Waals surface area contributed by atoms with E-state index in [4.69, 9.17) is 11.6 Å². The van der Waals surface area contributed by atoms with Crippen LogP contribution in [-0.4, -0.2) is 42.9 Å². The number of hydrogen-bond donors (Lipinski definition) is 2. The van der Waals surface area contributed by atoms with Gasteiger partial charge in [0.05, 0.1) is 21.3 Å². The molecule has 0 aliphatic heterocycles. The number of sulfonamides is 1. The second-order valence-corrected chi connectivity index (χ2v) is 11.1. The number of hydrogen-bond acceptors (Lipinski definition) is 6. The van der Waals surface area contributed by atoms with Crippen molar-refractivity contribution >= 4 is 50.3 Å². The van der Waals surface area contributed by atoms with Crippen molar-refractivity contribution in [1.29, 1.82) is 0 Å². The molecule has 0 radical (unpaired) electrons. The minimum absolute atomic E-state index is 0.0191. The van der Waals surface area contributed by atoms with Gasteiger partial charge in [-0.3, -0.25) is 9.40 Å². The number of nitrogens with one attached hydrogen (secondary N) is 1. The van der Waals surface area contributed by atoms with Gasteiger partial charge in [-0.2, -0.15) is 5.10 Å². The first-order chi connectivity index (χ1) is 15.0. The Labute approximate surface area is 196 Å². The number of halogens is 1. The predicted octanol–water partition coefficient (Wildman–Crippen LogP) is 4.32. The van der Waals surface area contributed by atoms with Crippen LogP contribution in [-0.2, 0) is 23.5 Å². The molecule has 8 nitrogen and oxygen atoms in total. The van der Waals surface area contributed by atoms with Crippen LogP contribution in [0.4, 0.5) is 11.4 Å². The topological polar surface area (TPSA) is 105 Å². The number of nitrogens with zero attached hydrogens (tertiary/aromatic N) is 3. The number of carboxylic acids is 1. The lowest BCUT2D eigenvalue weighted by atomic mass is 10.1. The lowest BCUT2D eigenvalue weighted by molar-refractivity contribution is 0.0697. The average Bonchev–Trinajstić information content (AvgIpc) is 3.26. The highest BCUT2D eigenvalue weighted by Crippen LogP contribution is 2.29. The highest BCUT2D eigenvalue weighted by molar-refractivity contribution is 7.94. The van der Waals surface area contributed by atoms with Gasteiger partial charge < -0.3 is 10.0 Å². The van der Waals surface area contributed by atoms with Gasteiger partial charge in [-0.1, -0.05) is 11.6 Å². The number of carbonyl (C=O) groups is 1. The fourth-order valence-corrected chi connectivity index (χ4v) is 6.08. The fourth-order valence-electron chi connectivity index (χ4n) is 3.54. The summed E-state index contributed by atoms with van der Waals surface area (Å²) in [6, 6.07) is 7.40. The van der Waals surface area contributed by atoms with E-state index in [0.717, 1.165) is 35.6 Å². The van der Waals surface area contributed by atoms with E-state index < -0.39 is 16.0 Å². The Morgan fingerprint density at radius 1 is 1.28 bits per heavy atom. The monoisotopic (exact) mass is 496 g/mol. The van der Waals surface area contributed by atoms with Crippen molar-refractivity contribution in [2.75, 3.05) is 23.2 Å². The van der Waals surface area contributed by atoms with E-state index in [9.17, 15) is 18.3 Å². The molecule has 0 aliphatic rings. The third-order valence-electron chi connectivity index (χ3n) is 5.28. The first-order valence-electron chi connectivity index (χ1n) is 9.85. The van der Waals surface area contributed by atoms with Crippen molar-refractivity contribution in [3.63, 3.8) is 0 Å². The van der Waals surface area contributed by atoms with Crippen LogP contribution in [0.1, 0.15) is 33.7 Å². The molecule has 2 N–H and O–H groups in total. The summed E-state index contributed by atoms with van der Waals surface area (Å²) in [6.45, 7) is 4.65. The average molecular weight is 497 g/mol. The van der Waals surface area contributed by atoms with Crippen LogP contribution in [0.15, 0.2) is 34.5 Å². The normalized spacial score (nSPS) is 11.5. The molecule has 0 bridgehead atoms. The Morgan fingerprint density at radius 3 is 2.56 bits per heavy atom. The summed E-state index contributed by atoms with van der Waals surface area (Å²) in [5, 5.41) is 14.1. The van der Waals surface area contributed by atoms with Gasteiger partial charge >= 0.3 is 5.97 Å². The zero-order valence-corrected chi connectivity index (χ0v) is 20.6. The van der Waals surface area contributed by atoms with Crippen LogP contribution >= 0.6 is 22.9 Å². The van der Waals surface area contributed by atoms with Crippen molar-refractivity contribution in [1.82, 2.24) is 9.78 Å². The molecule has 2 aromatic heterocycles. The zero-order valence-electron chi connectivity index (χ0n) is 18.2. The Balaban J connectivity index is 1.74. The summed E-state index contributed by atoms with van der Waals surface area (Å²) in [5.74, 6) is -1.13. The number of rotatable bonds is 9. The molecule has 3 aromatic rings. The molecule has 0 fully saturated rings. The maximum atomic E-state index is 12.5. The molecule has 0 atom stereocenters. The van der Waals surface area contributed by atoms with Crippen molar-refractivity contribution in [2.45, 2.75) is 30.9 Å². The maximum absolute atomic E-state index is 12.5. The number of anilines is 2. The smallest absolute Gasteiger partial charge is 0.337 e. The van der Waals surface area contributed by atoms with Crippen molar-refractivity contribution in [3.8, 4) is 0 Å². The van der Waals surface area contributed by atoms with E-state index >= 15 is 0 Å². The van der Waals surface area contributed by atoms with Crippen molar-refractivity contribution in [3.05, 3.63) is 57.2 Å². The van der Waals surface area contributed by atoms with Crippen molar-refractivity contribution in [2.24, 2.45) is 7.05 Å². The van der Waals surface area contributed by atoms with E-state index in [-0.39, 0.29) is 15.5 Å². The van der Waals surface area contributed by atoms with Gasteiger partial charge in [0.25, 0.3) is 10.0 Å². The van der Waals surface area contributed by atoms with Crippen LogP contribution in [0, 0.1) is 13.8 Å². The SMILES string of the molecule is Cc1nn(C)c(C)c1CCCN(C)c1ccc(NS(=O)(=O)c2ccc(Cl)s2)cc1C(=O)O. The van der Waals surface area contributed by atoms with Crippen LogP contribution in [0.2, 0.25) is 4.34 Å². The third-order valence-corrected chi connectivity index (χ3v) is 8.39. The van der Waals surface area contributed by atoms with Crippen LogP contribution in [0.5, 0.6) is 0 Å². The molecule has 3 rings (SSSR count).